The molecular weight excluding hydrogens is 370 g/mol. The number of aromatic nitrogens is 1. The van der Waals surface area contributed by atoms with Gasteiger partial charge in [0.05, 0.1) is 5.69 Å². The Morgan fingerprint density at radius 1 is 1.11 bits per heavy atom. The summed E-state index contributed by atoms with van der Waals surface area (Å²) in [4.78, 5) is 30.6. The van der Waals surface area contributed by atoms with Crippen LogP contribution in [0.15, 0.2) is 41.8 Å². The molecule has 0 fully saturated rings. The number of amides is 2. The molecule has 0 bridgehead atoms. The molecule has 2 aromatic carbocycles. The molecule has 0 saturated carbocycles. The maximum atomic E-state index is 12.5. The monoisotopic (exact) mass is 391 g/mol. The van der Waals surface area contributed by atoms with E-state index < -0.39 is 0 Å². The zero-order valence-corrected chi connectivity index (χ0v) is 16.9. The molecule has 28 heavy (non-hydrogen) atoms. The predicted molar refractivity (Wildman–Crippen MR) is 113 cm³/mol. The summed E-state index contributed by atoms with van der Waals surface area (Å²) in [6, 6.07) is 11.8. The van der Waals surface area contributed by atoms with Crippen molar-refractivity contribution in [2.75, 3.05) is 16.8 Å². The number of nitrogens with zero attached hydrogens (tertiary/aromatic N) is 2. The van der Waals surface area contributed by atoms with Gasteiger partial charge in [0.15, 0.2) is 5.13 Å². The summed E-state index contributed by atoms with van der Waals surface area (Å²) in [5.41, 5.74) is 6.70. The second-order valence-electron chi connectivity index (χ2n) is 7.13. The Labute approximate surface area is 168 Å². The fraction of sp³-hybridized carbons (Fsp3) is 0.227. The second kappa shape index (κ2) is 7.20. The summed E-state index contributed by atoms with van der Waals surface area (Å²) in [5, 5.41) is 5.41. The van der Waals surface area contributed by atoms with Crippen LogP contribution in [-0.2, 0) is 11.2 Å². The minimum Gasteiger partial charge on any atom is -0.312 e. The van der Waals surface area contributed by atoms with Crippen molar-refractivity contribution in [3.63, 3.8) is 0 Å². The molecule has 5 nitrogen and oxygen atoms in total. The van der Waals surface area contributed by atoms with Gasteiger partial charge in [-0.3, -0.25) is 14.9 Å². The first-order valence-electron chi connectivity index (χ1n) is 9.17. The Balaban J connectivity index is 1.53. The molecule has 0 radical (unpaired) electrons. The van der Waals surface area contributed by atoms with E-state index in [1.165, 1.54) is 11.3 Å². The largest absolute Gasteiger partial charge is 0.312 e. The number of fused-ring (bicyclic) bond motifs is 1. The van der Waals surface area contributed by atoms with Crippen LogP contribution in [0, 0.1) is 13.8 Å². The van der Waals surface area contributed by atoms with Gasteiger partial charge in [0.25, 0.3) is 5.91 Å². The molecule has 142 valence electrons. The van der Waals surface area contributed by atoms with Crippen molar-refractivity contribution >= 4 is 34.0 Å². The highest BCUT2D eigenvalue weighted by molar-refractivity contribution is 7.14. The van der Waals surface area contributed by atoms with E-state index in [0.29, 0.717) is 10.7 Å². The molecule has 1 aliphatic rings. The van der Waals surface area contributed by atoms with Gasteiger partial charge in [0.2, 0.25) is 5.91 Å². The molecule has 1 aliphatic heterocycles. The first-order chi connectivity index (χ1) is 13.4. The minimum atomic E-state index is -0.154. The van der Waals surface area contributed by atoms with Crippen LogP contribution in [0.25, 0.3) is 11.3 Å². The van der Waals surface area contributed by atoms with E-state index in [0.717, 1.165) is 46.6 Å². The molecule has 0 unspecified atom stereocenters. The number of hydrogen-bond donors (Lipinski definition) is 1. The molecule has 0 atom stereocenters. The van der Waals surface area contributed by atoms with E-state index in [1.807, 2.05) is 49.6 Å². The van der Waals surface area contributed by atoms with Gasteiger partial charge in [-0.15, -0.1) is 11.3 Å². The summed E-state index contributed by atoms with van der Waals surface area (Å²) in [6.07, 6.45) is 0.850. The topological polar surface area (TPSA) is 62.3 Å². The SMILES string of the molecule is CC(=O)N1CCc2cc(-c3csc(NC(=O)c4cc(C)cc(C)c4)n3)ccc21. The molecule has 6 heteroatoms. The van der Waals surface area contributed by atoms with Crippen molar-refractivity contribution in [3.8, 4) is 11.3 Å². The highest BCUT2D eigenvalue weighted by Gasteiger charge is 2.22. The lowest BCUT2D eigenvalue weighted by atomic mass is 10.1. The van der Waals surface area contributed by atoms with Crippen LogP contribution in [-0.4, -0.2) is 23.3 Å². The summed E-state index contributed by atoms with van der Waals surface area (Å²) in [6.45, 7) is 6.27. The smallest absolute Gasteiger partial charge is 0.257 e. The number of aryl methyl sites for hydroxylation is 2. The summed E-state index contributed by atoms with van der Waals surface area (Å²) < 4.78 is 0. The Kier molecular flexibility index (Phi) is 4.73. The lowest BCUT2D eigenvalue weighted by molar-refractivity contribution is -0.116. The van der Waals surface area contributed by atoms with Gasteiger partial charge in [-0.25, -0.2) is 4.98 Å². The number of benzene rings is 2. The van der Waals surface area contributed by atoms with Crippen molar-refractivity contribution in [2.45, 2.75) is 27.2 Å². The molecule has 2 heterocycles. The van der Waals surface area contributed by atoms with Crippen molar-refractivity contribution < 1.29 is 9.59 Å². The number of nitrogens with one attached hydrogen (secondary N) is 1. The lowest BCUT2D eigenvalue weighted by Gasteiger charge is -2.14. The third-order valence-electron chi connectivity index (χ3n) is 4.86. The van der Waals surface area contributed by atoms with Crippen LogP contribution in [0.4, 0.5) is 10.8 Å². The van der Waals surface area contributed by atoms with E-state index in [4.69, 9.17) is 0 Å². The summed E-state index contributed by atoms with van der Waals surface area (Å²) in [7, 11) is 0. The van der Waals surface area contributed by atoms with Crippen molar-refractivity contribution in [1.82, 2.24) is 4.98 Å². The standard InChI is InChI=1S/C22H21N3O2S/c1-13-8-14(2)10-18(9-13)21(27)24-22-23-19(12-28-22)16-4-5-20-17(11-16)6-7-25(20)15(3)26/h4-5,8-12H,6-7H2,1-3H3,(H,23,24,27). The van der Waals surface area contributed by atoms with Gasteiger partial charge in [0, 0.05) is 35.7 Å². The molecule has 0 aliphatic carbocycles. The Morgan fingerprint density at radius 2 is 1.86 bits per heavy atom. The van der Waals surface area contributed by atoms with Crippen molar-refractivity contribution in [1.29, 1.82) is 0 Å². The van der Waals surface area contributed by atoms with E-state index in [1.54, 1.807) is 11.8 Å². The number of carbonyl (C=O) groups is 2. The normalized spacial score (nSPS) is 12.8. The Bertz CT molecular complexity index is 1070. The first kappa shape index (κ1) is 18.4. The van der Waals surface area contributed by atoms with E-state index in [2.05, 4.69) is 16.4 Å². The average Bonchev–Trinajstić information content (AvgIpc) is 3.27. The van der Waals surface area contributed by atoms with Crippen LogP contribution in [0.5, 0.6) is 0 Å². The number of thiazole rings is 1. The third-order valence-corrected chi connectivity index (χ3v) is 5.62. The predicted octanol–water partition coefficient (Wildman–Crippen LogP) is 4.59. The van der Waals surface area contributed by atoms with Crippen LogP contribution < -0.4 is 10.2 Å². The highest BCUT2D eigenvalue weighted by Crippen LogP contribution is 2.33. The minimum absolute atomic E-state index is 0.0662. The maximum Gasteiger partial charge on any atom is 0.257 e. The van der Waals surface area contributed by atoms with Crippen LogP contribution >= 0.6 is 11.3 Å². The maximum absolute atomic E-state index is 12.5. The van der Waals surface area contributed by atoms with Gasteiger partial charge in [-0.2, -0.15) is 0 Å². The fourth-order valence-corrected chi connectivity index (χ4v) is 4.34. The molecule has 1 aromatic heterocycles. The second-order valence-corrected chi connectivity index (χ2v) is 7.99. The number of carbonyl (C=O) groups excluding carboxylic acids is 2. The zero-order chi connectivity index (χ0) is 19.8. The average molecular weight is 391 g/mol. The number of hydrogen-bond acceptors (Lipinski definition) is 4. The molecule has 2 amide bonds. The molecule has 3 aromatic rings. The molecule has 0 spiro atoms. The van der Waals surface area contributed by atoms with Gasteiger partial charge < -0.3 is 4.90 Å². The number of rotatable bonds is 3. The van der Waals surface area contributed by atoms with Gasteiger partial charge in [-0.05, 0) is 50.1 Å². The van der Waals surface area contributed by atoms with E-state index in [9.17, 15) is 9.59 Å². The van der Waals surface area contributed by atoms with Crippen LogP contribution in [0.3, 0.4) is 0 Å². The van der Waals surface area contributed by atoms with E-state index in [-0.39, 0.29) is 11.8 Å². The van der Waals surface area contributed by atoms with Crippen LogP contribution in [0.2, 0.25) is 0 Å². The summed E-state index contributed by atoms with van der Waals surface area (Å²) >= 11 is 1.41. The lowest BCUT2D eigenvalue weighted by Crippen LogP contribution is -2.25. The third kappa shape index (κ3) is 3.55. The Hall–Kier alpha value is -2.99. The van der Waals surface area contributed by atoms with Crippen molar-refractivity contribution in [2.24, 2.45) is 0 Å². The highest BCUT2D eigenvalue weighted by atomic mass is 32.1. The Morgan fingerprint density at radius 3 is 2.57 bits per heavy atom. The first-order valence-corrected chi connectivity index (χ1v) is 10.1. The van der Waals surface area contributed by atoms with Crippen molar-refractivity contribution in [3.05, 3.63) is 64.0 Å². The molecule has 4 rings (SSSR count). The van der Waals surface area contributed by atoms with Crippen LogP contribution in [0.1, 0.15) is 34.0 Å². The molecule has 0 saturated heterocycles. The fourth-order valence-electron chi connectivity index (χ4n) is 3.63. The van der Waals surface area contributed by atoms with E-state index >= 15 is 0 Å². The number of anilines is 2. The molecule has 1 N–H and O–H groups in total. The van der Waals surface area contributed by atoms with Gasteiger partial charge in [-0.1, -0.05) is 23.3 Å². The quantitative estimate of drug-likeness (QED) is 0.710. The van der Waals surface area contributed by atoms with Gasteiger partial charge in [0.1, 0.15) is 0 Å². The zero-order valence-electron chi connectivity index (χ0n) is 16.1. The summed E-state index contributed by atoms with van der Waals surface area (Å²) in [5.74, 6) is -0.0877. The van der Waals surface area contributed by atoms with Gasteiger partial charge >= 0.3 is 0 Å². The molecular formula is C22H21N3O2S.